The van der Waals surface area contributed by atoms with Crippen LogP contribution in [0.4, 0.5) is 13.2 Å². The Morgan fingerprint density at radius 3 is 2.33 bits per heavy atom. The van der Waals surface area contributed by atoms with Crippen molar-refractivity contribution in [2.24, 2.45) is 0 Å². The third kappa shape index (κ3) is 2.41. The molecule has 15 heavy (non-hydrogen) atoms. The van der Waals surface area contributed by atoms with E-state index in [4.69, 9.17) is 9.84 Å². The Labute approximate surface area is 85.3 Å². The van der Waals surface area contributed by atoms with E-state index in [1.807, 2.05) is 0 Å². The predicted octanol–water partition coefficient (Wildman–Crippen LogP) is 2.38. The number of benzene rings is 1. The van der Waals surface area contributed by atoms with Crippen LogP contribution in [0, 0.1) is 17.5 Å². The van der Waals surface area contributed by atoms with Gasteiger partial charge in [0.1, 0.15) is 5.82 Å². The molecule has 0 aromatic heterocycles. The molecule has 0 unspecified atom stereocenters. The molecule has 84 valence electrons. The summed E-state index contributed by atoms with van der Waals surface area (Å²) >= 11 is 0. The van der Waals surface area contributed by atoms with Gasteiger partial charge in [-0.2, -0.15) is 0 Å². The molecule has 0 aliphatic heterocycles. The summed E-state index contributed by atoms with van der Waals surface area (Å²) < 4.78 is 44.3. The van der Waals surface area contributed by atoms with Crippen molar-refractivity contribution in [3.8, 4) is 5.75 Å². The van der Waals surface area contributed by atoms with Crippen LogP contribution in [0.5, 0.6) is 5.75 Å². The quantitative estimate of drug-likeness (QED) is 0.847. The normalized spacial score (nSPS) is 10.9. The summed E-state index contributed by atoms with van der Waals surface area (Å²) in [7, 11) is 0. The van der Waals surface area contributed by atoms with Gasteiger partial charge in [0, 0.05) is 6.07 Å². The highest BCUT2D eigenvalue weighted by Gasteiger charge is 2.20. The molecule has 2 nitrogen and oxygen atoms in total. The molecular formula is C10H11F3O2. The minimum Gasteiger partial charge on any atom is -0.485 e. The maximum Gasteiger partial charge on any atom is 0.191 e. The molecule has 0 heterocycles. The molecule has 1 rings (SSSR count). The van der Waals surface area contributed by atoms with Crippen molar-refractivity contribution in [1.82, 2.24) is 0 Å². The van der Waals surface area contributed by atoms with Crippen LogP contribution in [-0.2, 0) is 6.61 Å². The first-order valence-corrected chi connectivity index (χ1v) is 4.41. The van der Waals surface area contributed by atoms with E-state index in [2.05, 4.69) is 0 Å². The zero-order valence-electron chi connectivity index (χ0n) is 8.35. The number of rotatable bonds is 3. The van der Waals surface area contributed by atoms with Gasteiger partial charge in [0.2, 0.25) is 0 Å². The molecule has 0 atom stereocenters. The summed E-state index contributed by atoms with van der Waals surface area (Å²) in [5.74, 6) is -4.08. The molecule has 0 radical (unpaired) electrons. The Morgan fingerprint density at radius 1 is 1.27 bits per heavy atom. The second-order valence-electron chi connectivity index (χ2n) is 3.29. The molecule has 1 N–H and O–H groups in total. The second-order valence-corrected chi connectivity index (χ2v) is 3.29. The summed E-state index contributed by atoms with van der Waals surface area (Å²) in [6, 6.07) is 0.492. The van der Waals surface area contributed by atoms with Crippen molar-refractivity contribution in [3.05, 3.63) is 29.1 Å². The zero-order chi connectivity index (χ0) is 11.6. The summed E-state index contributed by atoms with van der Waals surface area (Å²) in [4.78, 5) is 0. The summed E-state index contributed by atoms with van der Waals surface area (Å²) in [6.45, 7) is 2.33. The molecule has 0 saturated heterocycles. The van der Waals surface area contributed by atoms with Gasteiger partial charge in [-0.3, -0.25) is 0 Å². The maximum atomic E-state index is 13.4. The maximum absolute atomic E-state index is 13.4. The van der Waals surface area contributed by atoms with Crippen LogP contribution in [0.2, 0.25) is 0 Å². The molecule has 0 amide bonds. The van der Waals surface area contributed by atoms with Crippen molar-refractivity contribution >= 4 is 0 Å². The predicted molar refractivity (Wildman–Crippen MR) is 48.0 cm³/mol. The highest BCUT2D eigenvalue weighted by molar-refractivity contribution is 5.33. The standard InChI is InChI=1S/C10H11F3O2/c1-5(2)15-10-8(12)3-7(11)6(4-14)9(10)13/h3,5,14H,4H2,1-2H3. The van der Waals surface area contributed by atoms with Gasteiger partial charge in [0.25, 0.3) is 0 Å². The van der Waals surface area contributed by atoms with E-state index in [0.717, 1.165) is 0 Å². The Morgan fingerprint density at radius 2 is 1.87 bits per heavy atom. The number of hydrogen-bond donors (Lipinski definition) is 1. The Hall–Kier alpha value is -1.23. The first-order chi connectivity index (χ1) is 6.97. The second kappa shape index (κ2) is 4.53. The third-order valence-corrected chi connectivity index (χ3v) is 1.73. The fourth-order valence-corrected chi connectivity index (χ4v) is 1.10. The van der Waals surface area contributed by atoms with Crippen LogP contribution < -0.4 is 4.74 Å². The molecule has 0 spiro atoms. The number of halogens is 3. The lowest BCUT2D eigenvalue weighted by Crippen LogP contribution is -2.11. The molecular weight excluding hydrogens is 209 g/mol. The average Bonchev–Trinajstić information content (AvgIpc) is 2.12. The van der Waals surface area contributed by atoms with E-state index in [1.54, 1.807) is 13.8 Å². The molecule has 5 heteroatoms. The van der Waals surface area contributed by atoms with Crippen LogP contribution in [0.1, 0.15) is 19.4 Å². The van der Waals surface area contributed by atoms with E-state index >= 15 is 0 Å². The van der Waals surface area contributed by atoms with Crippen LogP contribution in [-0.4, -0.2) is 11.2 Å². The van der Waals surface area contributed by atoms with Crippen molar-refractivity contribution in [2.75, 3.05) is 0 Å². The third-order valence-electron chi connectivity index (χ3n) is 1.73. The van der Waals surface area contributed by atoms with Gasteiger partial charge in [-0.25, -0.2) is 13.2 Å². The fraction of sp³-hybridized carbons (Fsp3) is 0.400. The van der Waals surface area contributed by atoms with Crippen molar-refractivity contribution in [3.63, 3.8) is 0 Å². The van der Waals surface area contributed by atoms with Crippen molar-refractivity contribution < 1.29 is 23.0 Å². The van der Waals surface area contributed by atoms with Gasteiger partial charge < -0.3 is 9.84 Å². The lowest BCUT2D eigenvalue weighted by Gasteiger charge is -2.13. The summed E-state index contributed by atoms with van der Waals surface area (Å²) in [5.41, 5.74) is -0.591. The van der Waals surface area contributed by atoms with Crippen LogP contribution in [0.25, 0.3) is 0 Å². The SMILES string of the molecule is CC(C)Oc1c(F)cc(F)c(CO)c1F. The highest BCUT2D eigenvalue weighted by Crippen LogP contribution is 2.27. The lowest BCUT2D eigenvalue weighted by atomic mass is 10.2. The van der Waals surface area contributed by atoms with E-state index in [9.17, 15) is 13.2 Å². The molecule has 0 bridgehead atoms. The number of hydrogen-bond acceptors (Lipinski definition) is 2. The first kappa shape index (κ1) is 11.8. The summed E-state index contributed by atoms with van der Waals surface area (Å²) in [5, 5.41) is 8.69. The van der Waals surface area contributed by atoms with E-state index < -0.39 is 41.5 Å². The topological polar surface area (TPSA) is 29.5 Å². The van der Waals surface area contributed by atoms with Gasteiger partial charge in [0.15, 0.2) is 17.4 Å². The molecule has 0 fully saturated rings. The van der Waals surface area contributed by atoms with Gasteiger partial charge in [-0.05, 0) is 13.8 Å². The summed E-state index contributed by atoms with van der Waals surface area (Å²) in [6.07, 6.45) is -0.439. The van der Waals surface area contributed by atoms with Gasteiger partial charge >= 0.3 is 0 Å². The molecule has 0 aliphatic carbocycles. The monoisotopic (exact) mass is 220 g/mol. The Bertz CT molecular complexity index is 364. The minimum absolute atomic E-state index is 0.439. The lowest BCUT2D eigenvalue weighted by molar-refractivity contribution is 0.212. The number of aliphatic hydroxyl groups is 1. The molecule has 1 aromatic rings. The van der Waals surface area contributed by atoms with E-state index in [-0.39, 0.29) is 0 Å². The highest BCUT2D eigenvalue weighted by atomic mass is 19.1. The van der Waals surface area contributed by atoms with Crippen molar-refractivity contribution in [2.45, 2.75) is 26.6 Å². The smallest absolute Gasteiger partial charge is 0.191 e. The molecule has 1 aromatic carbocycles. The molecule has 0 saturated carbocycles. The zero-order valence-corrected chi connectivity index (χ0v) is 8.35. The van der Waals surface area contributed by atoms with Gasteiger partial charge in [0.05, 0.1) is 18.3 Å². The van der Waals surface area contributed by atoms with Crippen LogP contribution >= 0.6 is 0 Å². The van der Waals surface area contributed by atoms with E-state index in [1.165, 1.54) is 0 Å². The average molecular weight is 220 g/mol. The Kier molecular flexibility index (Phi) is 3.57. The van der Waals surface area contributed by atoms with Crippen LogP contribution in [0.15, 0.2) is 6.07 Å². The van der Waals surface area contributed by atoms with Gasteiger partial charge in [-0.15, -0.1) is 0 Å². The van der Waals surface area contributed by atoms with Gasteiger partial charge in [-0.1, -0.05) is 0 Å². The number of ether oxygens (including phenoxy) is 1. The Balaban J connectivity index is 3.26. The van der Waals surface area contributed by atoms with E-state index in [0.29, 0.717) is 6.07 Å². The van der Waals surface area contributed by atoms with Crippen LogP contribution in [0.3, 0.4) is 0 Å². The molecule has 0 aliphatic rings. The first-order valence-electron chi connectivity index (χ1n) is 4.41. The largest absolute Gasteiger partial charge is 0.485 e. The fourth-order valence-electron chi connectivity index (χ4n) is 1.10. The minimum atomic E-state index is -1.19. The van der Waals surface area contributed by atoms with Crippen molar-refractivity contribution in [1.29, 1.82) is 0 Å². The number of aliphatic hydroxyl groups excluding tert-OH is 1.